The van der Waals surface area contributed by atoms with E-state index in [9.17, 15) is 17.1 Å². The molecule has 0 amide bonds. The molecule has 0 heterocycles. The molecule has 0 aliphatic carbocycles. The lowest BCUT2D eigenvalue weighted by Gasteiger charge is -2.05. The molecule has 0 bridgehead atoms. The van der Waals surface area contributed by atoms with E-state index in [1.165, 1.54) is 19.2 Å². The molecule has 2 rings (SSSR count). The lowest BCUT2D eigenvalue weighted by molar-refractivity contribution is -0.139. The summed E-state index contributed by atoms with van der Waals surface area (Å²) in [4.78, 5) is 11.2. The van der Waals surface area contributed by atoms with E-state index < -0.39 is 10.5 Å². The molecule has 0 fully saturated rings. The number of fused-ring (bicyclic) bond motifs is 1. The number of methoxy groups -OCH3 is 1. The van der Waals surface area contributed by atoms with Gasteiger partial charge in [-0.15, -0.1) is 0 Å². The normalized spacial score (nSPS) is 11.3. The molecule has 0 saturated heterocycles. The van der Waals surface area contributed by atoms with Crippen LogP contribution in [0, 0.1) is 0 Å². The molecule has 0 saturated carbocycles. The second kappa shape index (κ2) is 5.46. The van der Waals surface area contributed by atoms with Gasteiger partial charge in [0, 0.05) is 0 Å². The summed E-state index contributed by atoms with van der Waals surface area (Å²) in [6.45, 7) is 0. The van der Waals surface area contributed by atoms with E-state index in [-0.39, 0.29) is 18.1 Å². The van der Waals surface area contributed by atoms with Crippen molar-refractivity contribution in [2.24, 2.45) is 0 Å². The Kier molecular flexibility index (Phi) is 3.89. The van der Waals surface area contributed by atoms with Crippen molar-refractivity contribution >= 4 is 27.2 Å². The molecule has 0 N–H and O–H groups in total. The lowest BCUT2D eigenvalue weighted by atomic mass is 10.0. The van der Waals surface area contributed by atoms with Crippen LogP contribution in [0.25, 0.3) is 10.8 Å². The van der Waals surface area contributed by atoms with Crippen LogP contribution < -0.4 is 4.18 Å². The van der Waals surface area contributed by atoms with Gasteiger partial charge < -0.3 is 8.92 Å². The first-order valence-electron chi connectivity index (χ1n) is 5.61. The van der Waals surface area contributed by atoms with Gasteiger partial charge in [0.2, 0.25) is 0 Å². The molecular formula is C13H11FO5S. The monoisotopic (exact) mass is 298 g/mol. The van der Waals surface area contributed by atoms with Crippen molar-refractivity contribution in [3.63, 3.8) is 0 Å². The van der Waals surface area contributed by atoms with E-state index in [1.54, 1.807) is 24.3 Å². The Labute approximate surface area is 115 Å². The minimum atomic E-state index is -5.03. The van der Waals surface area contributed by atoms with Gasteiger partial charge in [0.05, 0.1) is 13.5 Å². The molecule has 2 aromatic carbocycles. The first kappa shape index (κ1) is 14.3. The molecule has 0 aliphatic heterocycles. The fraction of sp³-hybridized carbons (Fsp3) is 0.154. The third-order valence-corrected chi connectivity index (χ3v) is 3.04. The quantitative estimate of drug-likeness (QED) is 0.639. The van der Waals surface area contributed by atoms with E-state index in [2.05, 4.69) is 8.92 Å². The highest BCUT2D eigenvalue weighted by atomic mass is 32.3. The molecule has 0 unspecified atom stereocenters. The highest BCUT2D eigenvalue weighted by molar-refractivity contribution is 7.81. The minimum absolute atomic E-state index is 0.110. The maximum absolute atomic E-state index is 12.4. The van der Waals surface area contributed by atoms with Crippen LogP contribution in [-0.2, 0) is 26.5 Å². The molecule has 0 spiro atoms. The third kappa shape index (κ3) is 3.67. The standard InChI is InChI=1S/C13H11FO5S/c1-18-13(15)7-9-2-3-11-8-12(19-20(14,16)17)5-4-10(11)6-9/h2-6,8H,7H2,1H3. The molecule has 106 valence electrons. The highest BCUT2D eigenvalue weighted by Gasteiger charge is 2.10. The van der Waals surface area contributed by atoms with Crippen LogP contribution in [0.4, 0.5) is 3.89 Å². The van der Waals surface area contributed by atoms with Crippen molar-refractivity contribution in [3.8, 4) is 5.75 Å². The van der Waals surface area contributed by atoms with Crippen LogP contribution in [-0.4, -0.2) is 21.5 Å². The van der Waals surface area contributed by atoms with Crippen molar-refractivity contribution in [1.29, 1.82) is 0 Å². The molecule has 7 heteroatoms. The number of carbonyl (C=O) groups excluding carboxylic acids is 1. The average Bonchev–Trinajstić information content (AvgIpc) is 2.37. The van der Waals surface area contributed by atoms with Gasteiger partial charge in [-0.1, -0.05) is 28.2 Å². The number of hydrogen-bond acceptors (Lipinski definition) is 5. The zero-order valence-electron chi connectivity index (χ0n) is 10.5. The number of benzene rings is 2. The van der Waals surface area contributed by atoms with Gasteiger partial charge in [0.15, 0.2) is 0 Å². The van der Waals surface area contributed by atoms with Crippen molar-refractivity contribution in [1.82, 2.24) is 0 Å². The number of carbonyl (C=O) groups is 1. The summed E-state index contributed by atoms with van der Waals surface area (Å²) < 4.78 is 42.0. The van der Waals surface area contributed by atoms with Crippen LogP contribution in [0.15, 0.2) is 36.4 Å². The van der Waals surface area contributed by atoms with E-state index >= 15 is 0 Å². The summed E-state index contributed by atoms with van der Waals surface area (Å²) in [5, 5.41) is 1.44. The Hall–Kier alpha value is -2.15. The van der Waals surface area contributed by atoms with Gasteiger partial charge in [-0.25, -0.2) is 0 Å². The van der Waals surface area contributed by atoms with E-state index in [0.29, 0.717) is 5.39 Å². The number of rotatable bonds is 4. The lowest BCUT2D eigenvalue weighted by Crippen LogP contribution is -2.04. The predicted molar refractivity (Wildman–Crippen MR) is 70.3 cm³/mol. The second-order valence-corrected chi connectivity index (χ2v) is 5.03. The third-order valence-electron chi connectivity index (χ3n) is 2.65. The Morgan fingerprint density at radius 3 is 2.45 bits per heavy atom. The Bertz CT molecular complexity index is 754. The van der Waals surface area contributed by atoms with E-state index in [4.69, 9.17) is 0 Å². The smallest absolute Gasteiger partial charge is 0.469 e. The van der Waals surface area contributed by atoms with Gasteiger partial charge in [-0.3, -0.25) is 4.79 Å². The zero-order chi connectivity index (χ0) is 14.8. The van der Waals surface area contributed by atoms with Crippen LogP contribution >= 0.6 is 0 Å². The van der Waals surface area contributed by atoms with Crippen LogP contribution in [0.5, 0.6) is 5.75 Å². The van der Waals surface area contributed by atoms with Gasteiger partial charge in [-0.05, 0) is 28.5 Å². The number of esters is 1. The molecule has 0 aliphatic rings. The Morgan fingerprint density at radius 2 is 1.80 bits per heavy atom. The van der Waals surface area contributed by atoms with Crippen molar-refractivity contribution in [3.05, 3.63) is 42.0 Å². The number of halogens is 1. The fourth-order valence-corrected chi connectivity index (χ4v) is 2.12. The number of ether oxygens (including phenoxy) is 1. The molecular weight excluding hydrogens is 287 g/mol. The molecule has 0 radical (unpaired) electrons. The van der Waals surface area contributed by atoms with Crippen LogP contribution in [0.1, 0.15) is 5.56 Å². The number of hydrogen-bond donors (Lipinski definition) is 0. The highest BCUT2D eigenvalue weighted by Crippen LogP contribution is 2.23. The molecule has 0 atom stereocenters. The summed E-state index contributed by atoms with van der Waals surface area (Å²) in [7, 11) is -3.72. The zero-order valence-corrected chi connectivity index (χ0v) is 11.3. The predicted octanol–water partition coefficient (Wildman–Crippen LogP) is 2.15. The summed E-state index contributed by atoms with van der Waals surface area (Å²) in [6, 6.07) is 9.46. The summed E-state index contributed by atoms with van der Waals surface area (Å²) in [6.07, 6.45) is 0.142. The Balaban J connectivity index is 2.32. The first-order chi connectivity index (χ1) is 9.37. The largest absolute Gasteiger partial charge is 0.488 e. The van der Waals surface area contributed by atoms with Gasteiger partial charge in [-0.2, -0.15) is 8.42 Å². The van der Waals surface area contributed by atoms with Crippen molar-refractivity contribution in [2.75, 3.05) is 7.11 Å². The molecule has 20 heavy (non-hydrogen) atoms. The van der Waals surface area contributed by atoms with E-state index in [0.717, 1.165) is 10.9 Å². The van der Waals surface area contributed by atoms with Crippen LogP contribution in [0.2, 0.25) is 0 Å². The molecule has 5 nitrogen and oxygen atoms in total. The first-order valence-corrected chi connectivity index (χ1v) is 6.92. The van der Waals surface area contributed by atoms with Gasteiger partial charge >= 0.3 is 16.5 Å². The topological polar surface area (TPSA) is 69.7 Å². The summed E-state index contributed by atoms with van der Waals surface area (Å²) in [5.74, 6) is -0.464. The van der Waals surface area contributed by atoms with Crippen molar-refractivity contribution < 1.29 is 26.0 Å². The molecule has 2 aromatic rings. The summed E-state index contributed by atoms with van der Waals surface area (Å²) in [5.41, 5.74) is 0.760. The van der Waals surface area contributed by atoms with Gasteiger partial charge in [0.1, 0.15) is 5.75 Å². The SMILES string of the molecule is COC(=O)Cc1ccc2cc(OS(=O)(=O)F)ccc2c1. The summed E-state index contributed by atoms with van der Waals surface area (Å²) >= 11 is 0. The Morgan fingerprint density at radius 1 is 1.15 bits per heavy atom. The maximum atomic E-state index is 12.4. The van der Waals surface area contributed by atoms with Crippen LogP contribution in [0.3, 0.4) is 0 Å². The van der Waals surface area contributed by atoms with E-state index in [1.807, 2.05) is 0 Å². The van der Waals surface area contributed by atoms with Gasteiger partial charge in [0.25, 0.3) is 0 Å². The molecule has 0 aromatic heterocycles. The van der Waals surface area contributed by atoms with Crippen molar-refractivity contribution in [2.45, 2.75) is 6.42 Å². The average molecular weight is 298 g/mol. The second-order valence-electron chi connectivity index (χ2n) is 4.07. The fourth-order valence-electron chi connectivity index (χ4n) is 1.79. The minimum Gasteiger partial charge on any atom is -0.469 e. The maximum Gasteiger partial charge on any atom is 0.488 e.